The minimum Gasteiger partial charge on any atom is -0.478 e. The summed E-state index contributed by atoms with van der Waals surface area (Å²) in [6.45, 7) is 10.7. The van der Waals surface area contributed by atoms with Gasteiger partial charge in [-0.2, -0.15) is 0 Å². The fourth-order valence-corrected chi connectivity index (χ4v) is 1.29. The Balaban J connectivity index is 0. The molecule has 0 aromatic heterocycles. The zero-order valence-corrected chi connectivity index (χ0v) is 12.8. The van der Waals surface area contributed by atoms with Crippen molar-refractivity contribution in [2.24, 2.45) is 0 Å². The summed E-state index contributed by atoms with van der Waals surface area (Å²) in [5, 5.41) is 7.89. The summed E-state index contributed by atoms with van der Waals surface area (Å²) in [7, 11) is 0. The van der Waals surface area contributed by atoms with Crippen molar-refractivity contribution in [3.05, 3.63) is 24.8 Å². The van der Waals surface area contributed by atoms with E-state index in [0.29, 0.717) is 6.61 Å². The average Bonchev–Trinajstić information content (AvgIpc) is 2.42. The van der Waals surface area contributed by atoms with Crippen LogP contribution >= 0.6 is 0 Å². The SMILES string of the molecule is C=C(C)C(=O)O.C=CC(=O)OCCCCCCCCC. The standard InChI is InChI=1S/C12H22O2.C4H6O2/c1-3-5-6-7-8-9-10-11-14-12(13)4-2;1-3(2)4(5)6/h4H,2-3,5-11H2,1H3;1H2,2H3,(H,5,6). The van der Waals surface area contributed by atoms with Crippen molar-refractivity contribution >= 4 is 11.9 Å². The molecule has 0 fully saturated rings. The highest BCUT2D eigenvalue weighted by molar-refractivity contribution is 5.84. The largest absolute Gasteiger partial charge is 0.478 e. The molecule has 0 bridgehead atoms. The van der Waals surface area contributed by atoms with Gasteiger partial charge in [-0.1, -0.05) is 58.6 Å². The molecule has 20 heavy (non-hydrogen) atoms. The first-order valence-corrected chi connectivity index (χ1v) is 7.13. The Morgan fingerprint density at radius 2 is 1.55 bits per heavy atom. The molecule has 0 saturated carbocycles. The normalized spacial score (nSPS) is 9.10. The second-order valence-corrected chi connectivity index (χ2v) is 4.58. The third-order valence-electron chi connectivity index (χ3n) is 2.52. The highest BCUT2D eigenvalue weighted by Gasteiger charge is 1.95. The Labute approximate surface area is 122 Å². The van der Waals surface area contributed by atoms with E-state index in [0.717, 1.165) is 12.8 Å². The van der Waals surface area contributed by atoms with Crippen LogP contribution in [0, 0.1) is 0 Å². The summed E-state index contributed by atoms with van der Waals surface area (Å²) in [4.78, 5) is 20.2. The molecule has 0 aliphatic heterocycles. The van der Waals surface area contributed by atoms with Gasteiger partial charge >= 0.3 is 11.9 Å². The van der Waals surface area contributed by atoms with E-state index in [1.54, 1.807) is 0 Å². The number of hydrogen-bond acceptors (Lipinski definition) is 3. The van der Waals surface area contributed by atoms with Crippen LogP contribution in [-0.2, 0) is 14.3 Å². The van der Waals surface area contributed by atoms with Crippen LogP contribution in [-0.4, -0.2) is 23.7 Å². The zero-order valence-electron chi connectivity index (χ0n) is 12.8. The first-order valence-electron chi connectivity index (χ1n) is 7.13. The Bertz CT molecular complexity index is 283. The van der Waals surface area contributed by atoms with E-state index in [9.17, 15) is 9.59 Å². The maximum atomic E-state index is 10.6. The van der Waals surface area contributed by atoms with Gasteiger partial charge in [-0.15, -0.1) is 0 Å². The summed E-state index contributed by atoms with van der Waals surface area (Å²) in [5.41, 5.74) is 0.176. The summed E-state index contributed by atoms with van der Waals surface area (Å²) in [5.74, 6) is -1.24. The number of ether oxygens (including phenoxy) is 1. The van der Waals surface area contributed by atoms with Crippen LogP contribution in [0.25, 0.3) is 0 Å². The quantitative estimate of drug-likeness (QED) is 0.372. The number of rotatable bonds is 10. The van der Waals surface area contributed by atoms with Crippen LogP contribution in [0.5, 0.6) is 0 Å². The van der Waals surface area contributed by atoms with Gasteiger partial charge in [0.05, 0.1) is 6.61 Å². The van der Waals surface area contributed by atoms with Crippen LogP contribution in [0.1, 0.15) is 58.8 Å². The van der Waals surface area contributed by atoms with Crippen molar-refractivity contribution in [2.75, 3.05) is 6.61 Å². The fraction of sp³-hybridized carbons (Fsp3) is 0.625. The Kier molecular flexibility index (Phi) is 16.0. The lowest BCUT2D eigenvalue weighted by Gasteiger charge is -2.01. The van der Waals surface area contributed by atoms with Crippen molar-refractivity contribution in [1.29, 1.82) is 0 Å². The molecule has 0 aliphatic rings. The van der Waals surface area contributed by atoms with Gasteiger partial charge in [0.15, 0.2) is 0 Å². The average molecular weight is 284 g/mol. The maximum Gasteiger partial charge on any atom is 0.330 e. The summed E-state index contributed by atoms with van der Waals surface area (Å²) >= 11 is 0. The van der Waals surface area contributed by atoms with Crippen LogP contribution in [0.15, 0.2) is 24.8 Å². The molecular formula is C16H28O4. The molecule has 0 atom stereocenters. The van der Waals surface area contributed by atoms with Crippen LogP contribution in [0.3, 0.4) is 0 Å². The van der Waals surface area contributed by atoms with Gasteiger partial charge in [-0.25, -0.2) is 9.59 Å². The van der Waals surface area contributed by atoms with E-state index >= 15 is 0 Å². The lowest BCUT2D eigenvalue weighted by molar-refractivity contribution is -0.138. The number of carbonyl (C=O) groups excluding carboxylic acids is 1. The van der Waals surface area contributed by atoms with Gasteiger partial charge < -0.3 is 9.84 Å². The minimum absolute atomic E-state index is 0.176. The van der Waals surface area contributed by atoms with Gasteiger partial charge in [0.25, 0.3) is 0 Å². The van der Waals surface area contributed by atoms with Crippen molar-refractivity contribution in [3.8, 4) is 0 Å². The number of carboxylic acid groups (broad SMARTS) is 1. The summed E-state index contributed by atoms with van der Waals surface area (Å²) in [6, 6.07) is 0. The highest BCUT2D eigenvalue weighted by atomic mass is 16.5. The molecule has 0 aliphatic carbocycles. The molecular weight excluding hydrogens is 256 g/mol. The number of esters is 1. The van der Waals surface area contributed by atoms with E-state index in [4.69, 9.17) is 9.84 Å². The first-order chi connectivity index (χ1) is 9.45. The van der Waals surface area contributed by atoms with E-state index in [1.807, 2.05) is 0 Å². The Morgan fingerprint density at radius 3 is 1.95 bits per heavy atom. The highest BCUT2D eigenvalue weighted by Crippen LogP contribution is 2.06. The van der Waals surface area contributed by atoms with Crippen molar-refractivity contribution in [2.45, 2.75) is 58.8 Å². The lowest BCUT2D eigenvalue weighted by atomic mass is 10.1. The number of unbranched alkanes of at least 4 members (excludes halogenated alkanes) is 6. The third kappa shape index (κ3) is 18.8. The topological polar surface area (TPSA) is 63.6 Å². The van der Waals surface area contributed by atoms with Crippen molar-refractivity contribution in [1.82, 2.24) is 0 Å². The molecule has 0 aromatic carbocycles. The maximum absolute atomic E-state index is 10.6. The molecule has 0 aromatic rings. The molecule has 4 heteroatoms. The Hall–Kier alpha value is -1.58. The van der Waals surface area contributed by atoms with E-state index < -0.39 is 5.97 Å². The molecule has 0 amide bonds. The fourth-order valence-electron chi connectivity index (χ4n) is 1.29. The van der Waals surface area contributed by atoms with Gasteiger partial charge in [-0.3, -0.25) is 0 Å². The van der Waals surface area contributed by atoms with Crippen LogP contribution < -0.4 is 0 Å². The molecule has 0 saturated heterocycles. The summed E-state index contributed by atoms with van der Waals surface area (Å²) in [6.07, 6.45) is 9.88. The number of aliphatic carboxylic acids is 1. The Morgan fingerprint density at radius 1 is 1.10 bits per heavy atom. The molecule has 0 heterocycles. The number of carboxylic acids is 1. The van der Waals surface area contributed by atoms with Crippen LogP contribution in [0.4, 0.5) is 0 Å². The number of hydrogen-bond donors (Lipinski definition) is 1. The van der Waals surface area contributed by atoms with E-state index in [-0.39, 0.29) is 11.5 Å². The van der Waals surface area contributed by atoms with Gasteiger partial charge in [0.1, 0.15) is 0 Å². The van der Waals surface area contributed by atoms with E-state index in [2.05, 4.69) is 20.1 Å². The molecule has 0 radical (unpaired) electrons. The zero-order chi connectivity index (χ0) is 15.8. The first kappa shape index (κ1) is 20.7. The molecule has 4 nitrogen and oxygen atoms in total. The molecule has 0 spiro atoms. The third-order valence-corrected chi connectivity index (χ3v) is 2.52. The van der Waals surface area contributed by atoms with Crippen LogP contribution in [0.2, 0.25) is 0 Å². The van der Waals surface area contributed by atoms with E-state index in [1.165, 1.54) is 45.1 Å². The second kappa shape index (κ2) is 15.5. The second-order valence-electron chi connectivity index (χ2n) is 4.58. The van der Waals surface area contributed by atoms with Crippen molar-refractivity contribution in [3.63, 3.8) is 0 Å². The predicted octanol–water partition coefficient (Wildman–Crippen LogP) is 4.11. The molecule has 1 N–H and O–H groups in total. The lowest BCUT2D eigenvalue weighted by Crippen LogP contribution is -2.01. The smallest absolute Gasteiger partial charge is 0.330 e. The molecule has 116 valence electrons. The number of carbonyl (C=O) groups is 2. The molecule has 0 rings (SSSR count). The van der Waals surface area contributed by atoms with Crippen molar-refractivity contribution < 1.29 is 19.4 Å². The van der Waals surface area contributed by atoms with Gasteiger partial charge in [0, 0.05) is 11.6 Å². The predicted molar refractivity (Wildman–Crippen MR) is 81.6 cm³/mol. The molecule has 0 unspecified atom stereocenters. The monoisotopic (exact) mass is 284 g/mol. The van der Waals surface area contributed by atoms with Gasteiger partial charge in [0.2, 0.25) is 0 Å². The minimum atomic E-state index is -0.935. The van der Waals surface area contributed by atoms with Gasteiger partial charge in [-0.05, 0) is 13.3 Å². The summed E-state index contributed by atoms with van der Waals surface area (Å²) < 4.78 is 4.86.